The lowest BCUT2D eigenvalue weighted by Crippen LogP contribution is -2.62. The first-order valence-corrected chi connectivity index (χ1v) is 11.2. The van der Waals surface area contributed by atoms with Crippen LogP contribution < -0.4 is 11.5 Å². The number of guanidine groups is 1. The summed E-state index contributed by atoms with van der Waals surface area (Å²) in [5.74, 6) is 1.72. The maximum absolute atomic E-state index is 12.1. The van der Waals surface area contributed by atoms with E-state index in [2.05, 4.69) is 24.1 Å². The summed E-state index contributed by atoms with van der Waals surface area (Å²) in [5.41, 5.74) is 11.3. The highest BCUT2D eigenvalue weighted by Crippen LogP contribution is 2.69. The summed E-state index contributed by atoms with van der Waals surface area (Å²) in [7, 11) is 0. The van der Waals surface area contributed by atoms with Crippen molar-refractivity contribution in [1.82, 2.24) is 0 Å². The first kappa shape index (κ1) is 20.1. The Labute approximate surface area is 168 Å². The zero-order valence-corrected chi connectivity index (χ0v) is 17.7. The van der Waals surface area contributed by atoms with Gasteiger partial charge < -0.3 is 21.7 Å². The van der Waals surface area contributed by atoms with Crippen LogP contribution in [0.2, 0.25) is 0 Å². The maximum atomic E-state index is 12.1. The predicted molar refractivity (Wildman–Crippen MR) is 112 cm³/mol. The number of aliphatic hydroxyl groups is 2. The van der Waals surface area contributed by atoms with E-state index < -0.39 is 5.60 Å². The van der Waals surface area contributed by atoms with E-state index in [0.717, 1.165) is 57.1 Å². The number of rotatable bonds is 2. The van der Waals surface area contributed by atoms with Gasteiger partial charge in [0.15, 0.2) is 0 Å². The van der Waals surface area contributed by atoms with Crippen LogP contribution in [-0.4, -0.2) is 33.6 Å². The van der Waals surface area contributed by atoms with Crippen LogP contribution >= 0.6 is 0 Å². The third-order valence-corrected chi connectivity index (χ3v) is 9.65. The normalized spacial score (nSPS) is 51.0. The number of hydrogen-bond donors (Lipinski definition) is 4. The minimum absolute atomic E-state index is 0.0211. The summed E-state index contributed by atoms with van der Waals surface area (Å²) in [6, 6.07) is 0. The molecule has 6 heteroatoms. The van der Waals surface area contributed by atoms with Crippen molar-refractivity contribution in [2.24, 2.45) is 56.2 Å². The van der Waals surface area contributed by atoms with Crippen molar-refractivity contribution in [2.75, 3.05) is 0 Å². The largest absolute Gasteiger partial charge is 0.393 e. The molecule has 0 aromatic carbocycles. The average molecular weight is 391 g/mol. The molecule has 158 valence electrons. The van der Waals surface area contributed by atoms with Crippen LogP contribution in [0.15, 0.2) is 10.2 Å². The van der Waals surface area contributed by atoms with Gasteiger partial charge in [0, 0.05) is 17.0 Å². The Morgan fingerprint density at radius 2 is 1.68 bits per heavy atom. The van der Waals surface area contributed by atoms with Crippen LogP contribution in [0, 0.1) is 34.5 Å². The number of nitrogens with two attached hydrogens (primary N) is 2. The van der Waals surface area contributed by atoms with Crippen LogP contribution in [0.1, 0.15) is 78.6 Å². The van der Waals surface area contributed by atoms with Gasteiger partial charge >= 0.3 is 0 Å². The highest BCUT2D eigenvalue weighted by molar-refractivity contribution is 5.86. The smallest absolute Gasteiger partial charge is 0.211 e. The van der Waals surface area contributed by atoms with E-state index >= 15 is 0 Å². The Hall–Kier alpha value is -1.14. The highest BCUT2D eigenvalue weighted by atomic mass is 16.3. The molecule has 0 saturated heterocycles. The molecule has 4 fully saturated rings. The quantitative estimate of drug-likeness (QED) is 0.329. The van der Waals surface area contributed by atoms with Gasteiger partial charge in [0.2, 0.25) is 5.96 Å². The molecule has 0 heterocycles. The monoisotopic (exact) mass is 390 g/mol. The van der Waals surface area contributed by atoms with Crippen LogP contribution in [0.3, 0.4) is 0 Å². The number of aliphatic hydroxyl groups excluding tert-OH is 1. The lowest BCUT2D eigenvalue weighted by molar-refractivity contribution is -0.206. The van der Waals surface area contributed by atoms with Crippen LogP contribution in [0.4, 0.5) is 0 Å². The molecule has 28 heavy (non-hydrogen) atoms. The van der Waals surface area contributed by atoms with Crippen molar-refractivity contribution in [3.05, 3.63) is 0 Å². The summed E-state index contributed by atoms with van der Waals surface area (Å²) in [4.78, 5) is 0. The SMILES string of the molecule is C/C(=N\N=C(N)N)[C@H]1CC[C@]2(O)[C@@H]3CC[C@@H]4C[C@@H](O)CC[C@]4(C)[C@H]3CC[C@]12C. The molecule has 8 atom stereocenters. The Morgan fingerprint density at radius 3 is 2.39 bits per heavy atom. The first-order valence-electron chi connectivity index (χ1n) is 11.2. The van der Waals surface area contributed by atoms with E-state index in [0.29, 0.717) is 17.8 Å². The molecule has 0 spiro atoms. The molecule has 0 bridgehead atoms. The van der Waals surface area contributed by atoms with Gasteiger partial charge in [0.05, 0.1) is 11.7 Å². The molecule has 0 amide bonds. The fraction of sp³-hybridized carbons (Fsp3) is 0.909. The van der Waals surface area contributed by atoms with Gasteiger partial charge in [-0.2, -0.15) is 5.10 Å². The maximum Gasteiger partial charge on any atom is 0.211 e. The molecule has 0 aliphatic heterocycles. The van der Waals surface area contributed by atoms with Crippen molar-refractivity contribution in [2.45, 2.75) is 90.3 Å². The second-order valence-electron chi connectivity index (χ2n) is 10.7. The first-order chi connectivity index (χ1) is 13.1. The van der Waals surface area contributed by atoms with Crippen LogP contribution in [0.5, 0.6) is 0 Å². The standard InChI is InChI=1S/C22H38N4O2/c1-13(25-26-19(23)24)16-8-11-22(28)18-5-4-14-12-15(27)6-9-20(14,2)17(18)7-10-21(16,22)3/h14-18,27-28H,4-12H2,1-3H3,(H4,23,24,26)/b25-13+/t14-,15+,16-,17+,18-,20+,21-,22+/m1/s1. The zero-order chi connectivity index (χ0) is 20.3. The molecular formula is C22H38N4O2. The van der Waals surface area contributed by atoms with Crippen molar-refractivity contribution in [3.63, 3.8) is 0 Å². The van der Waals surface area contributed by atoms with E-state index in [1.165, 1.54) is 6.42 Å². The summed E-state index contributed by atoms with van der Waals surface area (Å²) in [6.45, 7) is 6.72. The summed E-state index contributed by atoms with van der Waals surface area (Å²) >= 11 is 0. The van der Waals surface area contributed by atoms with E-state index in [1.807, 2.05) is 6.92 Å². The van der Waals surface area contributed by atoms with Crippen LogP contribution in [-0.2, 0) is 0 Å². The van der Waals surface area contributed by atoms with E-state index in [1.54, 1.807) is 0 Å². The fourth-order valence-electron chi connectivity index (χ4n) is 8.08. The number of nitrogens with zero attached hydrogens (tertiary/aromatic N) is 2. The van der Waals surface area contributed by atoms with Gasteiger partial charge in [-0.15, -0.1) is 5.10 Å². The summed E-state index contributed by atoms with van der Waals surface area (Å²) in [6.07, 6.45) is 9.03. The van der Waals surface area contributed by atoms with Gasteiger partial charge in [-0.05, 0) is 87.9 Å². The molecule has 0 unspecified atom stereocenters. The average Bonchev–Trinajstić information content (AvgIpc) is 2.92. The molecule has 4 aliphatic carbocycles. The van der Waals surface area contributed by atoms with Crippen molar-refractivity contribution < 1.29 is 10.2 Å². The highest BCUT2D eigenvalue weighted by Gasteiger charge is 2.67. The van der Waals surface area contributed by atoms with Gasteiger partial charge in [0.1, 0.15) is 0 Å². The second kappa shape index (κ2) is 6.69. The van der Waals surface area contributed by atoms with Gasteiger partial charge in [0.25, 0.3) is 0 Å². The van der Waals surface area contributed by atoms with Gasteiger partial charge in [-0.25, -0.2) is 0 Å². The molecule has 4 aliphatic rings. The van der Waals surface area contributed by atoms with Gasteiger partial charge in [-0.3, -0.25) is 0 Å². The molecule has 6 nitrogen and oxygen atoms in total. The predicted octanol–water partition coefficient (Wildman–Crippen LogP) is 2.77. The van der Waals surface area contributed by atoms with E-state index in [9.17, 15) is 10.2 Å². The minimum Gasteiger partial charge on any atom is -0.393 e. The Kier molecular flexibility index (Phi) is 4.82. The Bertz CT molecular complexity index is 690. The molecule has 4 saturated carbocycles. The Balaban J connectivity index is 1.63. The van der Waals surface area contributed by atoms with E-state index in [4.69, 9.17) is 11.5 Å². The molecule has 0 aromatic heterocycles. The minimum atomic E-state index is -0.640. The van der Waals surface area contributed by atoms with Crippen molar-refractivity contribution in [1.29, 1.82) is 0 Å². The lowest BCUT2D eigenvalue weighted by atomic mass is 9.43. The topological polar surface area (TPSA) is 117 Å². The Morgan fingerprint density at radius 1 is 0.929 bits per heavy atom. The molecule has 0 aromatic rings. The third kappa shape index (κ3) is 2.74. The third-order valence-electron chi connectivity index (χ3n) is 9.65. The number of hydrogen-bond acceptors (Lipinski definition) is 4. The molecule has 0 radical (unpaired) electrons. The molecule has 4 rings (SSSR count). The summed E-state index contributed by atoms with van der Waals surface area (Å²) in [5, 5.41) is 30.5. The van der Waals surface area contributed by atoms with Crippen molar-refractivity contribution in [3.8, 4) is 0 Å². The fourth-order valence-corrected chi connectivity index (χ4v) is 8.08. The second-order valence-corrected chi connectivity index (χ2v) is 10.7. The number of fused-ring (bicyclic) bond motifs is 5. The lowest BCUT2D eigenvalue weighted by Gasteiger charge is -2.63. The van der Waals surface area contributed by atoms with Crippen LogP contribution in [0.25, 0.3) is 0 Å². The molecular weight excluding hydrogens is 352 g/mol. The summed E-state index contributed by atoms with van der Waals surface area (Å²) < 4.78 is 0. The van der Waals surface area contributed by atoms with Crippen molar-refractivity contribution >= 4 is 11.7 Å². The zero-order valence-electron chi connectivity index (χ0n) is 17.7. The van der Waals surface area contributed by atoms with E-state index in [-0.39, 0.29) is 28.8 Å². The molecule has 6 N–H and O–H groups in total. The van der Waals surface area contributed by atoms with Gasteiger partial charge in [-0.1, -0.05) is 13.8 Å².